The minimum absolute atomic E-state index is 0.0494. The first-order chi connectivity index (χ1) is 9.94. The molecule has 0 unspecified atom stereocenters. The van der Waals surface area contributed by atoms with E-state index in [-0.39, 0.29) is 5.41 Å². The lowest BCUT2D eigenvalue weighted by Crippen LogP contribution is -2.12. The van der Waals surface area contributed by atoms with Gasteiger partial charge < -0.3 is 9.47 Å². The van der Waals surface area contributed by atoms with Gasteiger partial charge in [0.2, 0.25) is 0 Å². The van der Waals surface area contributed by atoms with E-state index in [2.05, 4.69) is 25.8 Å². The summed E-state index contributed by atoms with van der Waals surface area (Å²) in [5, 5.41) is 0. The fraction of sp³-hybridized carbons (Fsp3) is 0.353. The Morgan fingerprint density at radius 3 is 2.48 bits per heavy atom. The number of hydrogen-bond donors (Lipinski definition) is 0. The second kappa shape index (κ2) is 6.35. The molecule has 1 aromatic carbocycles. The number of rotatable bonds is 4. The van der Waals surface area contributed by atoms with Crippen LogP contribution in [-0.2, 0) is 11.3 Å². The monoisotopic (exact) mass is 305 g/mol. The molecular formula is C17H20ClNO2. The van der Waals surface area contributed by atoms with Crippen molar-refractivity contribution in [1.29, 1.82) is 0 Å². The van der Waals surface area contributed by atoms with E-state index < -0.39 is 0 Å². The lowest BCUT2D eigenvalue weighted by Gasteiger charge is -2.23. The van der Waals surface area contributed by atoms with Crippen LogP contribution in [0.15, 0.2) is 36.5 Å². The minimum Gasteiger partial charge on any atom is -0.497 e. The van der Waals surface area contributed by atoms with Crippen molar-refractivity contribution in [3.05, 3.63) is 47.8 Å². The van der Waals surface area contributed by atoms with Gasteiger partial charge in [-0.1, -0.05) is 20.8 Å². The summed E-state index contributed by atoms with van der Waals surface area (Å²) >= 11 is 5.81. The number of alkyl halides is 1. The number of benzene rings is 1. The Morgan fingerprint density at radius 2 is 1.86 bits per heavy atom. The molecule has 0 bridgehead atoms. The molecule has 3 nitrogen and oxygen atoms in total. The molecule has 0 atom stereocenters. The van der Waals surface area contributed by atoms with E-state index in [4.69, 9.17) is 21.1 Å². The van der Waals surface area contributed by atoms with Crippen LogP contribution in [0.25, 0.3) is 0 Å². The summed E-state index contributed by atoms with van der Waals surface area (Å²) in [5.74, 6) is 2.74. The van der Waals surface area contributed by atoms with Crippen LogP contribution in [0, 0.1) is 0 Å². The highest BCUT2D eigenvalue weighted by Gasteiger charge is 2.20. The van der Waals surface area contributed by atoms with Crippen molar-refractivity contribution >= 4 is 11.6 Å². The number of hydrogen-bond acceptors (Lipinski definition) is 3. The number of methoxy groups -OCH3 is 1. The molecule has 0 N–H and O–H groups in total. The van der Waals surface area contributed by atoms with E-state index in [1.807, 2.05) is 30.3 Å². The van der Waals surface area contributed by atoms with Crippen LogP contribution in [-0.4, -0.2) is 12.1 Å². The smallest absolute Gasteiger partial charge is 0.131 e. The van der Waals surface area contributed by atoms with Gasteiger partial charge in [0.05, 0.1) is 18.7 Å². The zero-order valence-electron chi connectivity index (χ0n) is 12.8. The van der Waals surface area contributed by atoms with Crippen molar-refractivity contribution in [1.82, 2.24) is 4.98 Å². The summed E-state index contributed by atoms with van der Waals surface area (Å²) in [5.41, 5.74) is 1.83. The Labute approximate surface area is 130 Å². The second-order valence-electron chi connectivity index (χ2n) is 5.83. The normalized spacial score (nSPS) is 11.3. The molecule has 2 aromatic rings. The molecule has 0 saturated heterocycles. The van der Waals surface area contributed by atoms with Crippen molar-refractivity contribution in [2.75, 3.05) is 7.11 Å². The lowest BCUT2D eigenvalue weighted by molar-refractivity contribution is 0.407. The molecule has 1 aromatic heterocycles. The Kier molecular flexibility index (Phi) is 4.73. The second-order valence-corrected chi connectivity index (χ2v) is 6.10. The lowest BCUT2D eigenvalue weighted by atomic mass is 9.86. The Balaban J connectivity index is 2.39. The molecule has 0 saturated carbocycles. The molecule has 112 valence electrons. The molecule has 21 heavy (non-hydrogen) atoms. The van der Waals surface area contributed by atoms with Gasteiger partial charge in [-0.2, -0.15) is 0 Å². The summed E-state index contributed by atoms with van der Waals surface area (Å²) in [6, 6.07) is 9.52. The maximum Gasteiger partial charge on any atom is 0.131 e. The Hall–Kier alpha value is -1.74. The fourth-order valence-electron chi connectivity index (χ4n) is 2.03. The van der Waals surface area contributed by atoms with Crippen LogP contribution >= 0.6 is 11.6 Å². The quantitative estimate of drug-likeness (QED) is 0.751. The van der Waals surface area contributed by atoms with E-state index in [1.54, 1.807) is 13.3 Å². The van der Waals surface area contributed by atoms with Gasteiger partial charge in [0.25, 0.3) is 0 Å². The molecule has 0 aliphatic heterocycles. The minimum atomic E-state index is -0.0494. The summed E-state index contributed by atoms with van der Waals surface area (Å²) in [4.78, 5) is 4.17. The number of halogens is 1. The molecule has 4 heteroatoms. The average molecular weight is 306 g/mol. The molecular weight excluding hydrogens is 286 g/mol. The zero-order chi connectivity index (χ0) is 15.5. The summed E-state index contributed by atoms with van der Waals surface area (Å²) < 4.78 is 11.3. The highest BCUT2D eigenvalue weighted by molar-refractivity contribution is 6.16. The largest absolute Gasteiger partial charge is 0.497 e. The van der Waals surface area contributed by atoms with Crippen LogP contribution in [0.4, 0.5) is 0 Å². The standard InChI is InChI=1S/C17H20ClNO2/c1-17(2,3)15-10-13(20-4)5-6-16(15)21-14-7-8-19-12(9-14)11-18/h5-10H,11H2,1-4H3. The summed E-state index contributed by atoms with van der Waals surface area (Å²) in [7, 11) is 1.66. The molecule has 0 radical (unpaired) electrons. The molecule has 0 spiro atoms. The van der Waals surface area contributed by atoms with Crippen molar-refractivity contribution in [3.63, 3.8) is 0 Å². The van der Waals surface area contributed by atoms with Crippen LogP contribution < -0.4 is 9.47 Å². The topological polar surface area (TPSA) is 31.4 Å². The maximum atomic E-state index is 6.02. The first kappa shape index (κ1) is 15.6. The number of ether oxygens (including phenoxy) is 2. The van der Waals surface area contributed by atoms with Crippen molar-refractivity contribution in [2.24, 2.45) is 0 Å². The third kappa shape index (κ3) is 3.88. The highest BCUT2D eigenvalue weighted by Crippen LogP contribution is 2.36. The van der Waals surface area contributed by atoms with Gasteiger partial charge in [0.15, 0.2) is 0 Å². The predicted octanol–water partition coefficient (Wildman–Crippen LogP) is 4.92. The van der Waals surface area contributed by atoms with E-state index in [0.29, 0.717) is 5.88 Å². The maximum absolute atomic E-state index is 6.02. The molecule has 1 heterocycles. The van der Waals surface area contributed by atoms with Gasteiger partial charge in [0, 0.05) is 17.8 Å². The van der Waals surface area contributed by atoms with Crippen molar-refractivity contribution in [3.8, 4) is 17.2 Å². The van der Waals surface area contributed by atoms with E-state index in [0.717, 1.165) is 28.5 Å². The predicted molar refractivity (Wildman–Crippen MR) is 85.6 cm³/mol. The van der Waals surface area contributed by atoms with Gasteiger partial charge in [-0.15, -0.1) is 11.6 Å². The van der Waals surface area contributed by atoms with Gasteiger partial charge in [0.1, 0.15) is 17.2 Å². The Bertz CT molecular complexity index is 620. The average Bonchev–Trinajstić information content (AvgIpc) is 2.46. The fourth-order valence-corrected chi connectivity index (χ4v) is 2.18. The SMILES string of the molecule is COc1ccc(Oc2ccnc(CCl)c2)c(C(C)(C)C)c1. The van der Waals surface area contributed by atoms with Gasteiger partial charge in [-0.3, -0.25) is 4.98 Å². The molecule has 0 fully saturated rings. The number of aromatic nitrogens is 1. The first-order valence-electron chi connectivity index (χ1n) is 6.81. The van der Waals surface area contributed by atoms with Crippen LogP contribution in [0.2, 0.25) is 0 Å². The van der Waals surface area contributed by atoms with E-state index >= 15 is 0 Å². The molecule has 0 amide bonds. The number of pyridine rings is 1. The third-order valence-corrected chi connectivity index (χ3v) is 3.42. The molecule has 2 rings (SSSR count). The van der Waals surface area contributed by atoms with Gasteiger partial charge in [-0.25, -0.2) is 0 Å². The Morgan fingerprint density at radius 1 is 1.10 bits per heavy atom. The van der Waals surface area contributed by atoms with E-state index in [1.165, 1.54) is 0 Å². The van der Waals surface area contributed by atoms with Crippen LogP contribution in [0.3, 0.4) is 0 Å². The zero-order valence-corrected chi connectivity index (χ0v) is 13.6. The van der Waals surface area contributed by atoms with Crippen LogP contribution in [0.5, 0.6) is 17.2 Å². The van der Waals surface area contributed by atoms with E-state index in [9.17, 15) is 0 Å². The number of nitrogens with zero attached hydrogens (tertiary/aromatic N) is 1. The molecule has 0 aliphatic rings. The van der Waals surface area contributed by atoms with Crippen molar-refractivity contribution < 1.29 is 9.47 Å². The first-order valence-corrected chi connectivity index (χ1v) is 7.35. The van der Waals surface area contributed by atoms with Crippen LogP contribution in [0.1, 0.15) is 32.0 Å². The molecule has 0 aliphatic carbocycles. The van der Waals surface area contributed by atoms with Crippen molar-refractivity contribution in [2.45, 2.75) is 32.1 Å². The van der Waals surface area contributed by atoms with Gasteiger partial charge in [-0.05, 0) is 29.7 Å². The van der Waals surface area contributed by atoms with Gasteiger partial charge >= 0.3 is 0 Å². The summed E-state index contributed by atoms with van der Waals surface area (Å²) in [6.07, 6.45) is 1.70. The highest BCUT2D eigenvalue weighted by atomic mass is 35.5. The summed E-state index contributed by atoms with van der Waals surface area (Å²) in [6.45, 7) is 6.43. The third-order valence-electron chi connectivity index (χ3n) is 3.15.